The van der Waals surface area contributed by atoms with Gasteiger partial charge in [-0.1, -0.05) is 326 Å². The van der Waals surface area contributed by atoms with Crippen LogP contribution in [0.25, 0.3) is 0 Å². The average molecular weight is 1050 g/mol. The molecule has 3 N–H and O–H groups in total. The summed E-state index contributed by atoms with van der Waals surface area (Å²) in [7, 11) is 0. The molecule has 0 aromatic rings. The van der Waals surface area contributed by atoms with Gasteiger partial charge in [0, 0.05) is 12.8 Å². The zero-order chi connectivity index (χ0) is 54.3. The highest BCUT2D eigenvalue weighted by atomic mass is 16.5. The van der Waals surface area contributed by atoms with Crippen molar-refractivity contribution in [3.8, 4) is 0 Å². The van der Waals surface area contributed by atoms with Crippen LogP contribution in [0.3, 0.4) is 0 Å². The second kappa shape index (κ2) is 64.6. The molecular weight excluding hydrogens is 923 g/mol. The van der Waals surface area contributed by atoms with Crippen LogP contribution in [0, 0.1) is 0 Å². The second-order valence-electron chi connectivity index (χ2n) is 23.2. The minimum atomic E-state index is -0.844. The molecule has 0 fully saturated rings. The van der Waals surface area contributed by atoms with Crippen LogP contribution < -0.4 is 5.32 Å². The summed E-state index contributed by atoms with van der Waals surface area (Å²) in [5.41, 5.74) is 0. The van der Waals surface area contributed by atoms with Gasteiger partial charge in [-0.25, -0.2) is 0 Å². The third-order valence-electron chi connectivity index (χ3n) is 15.7. The minimum absolute atomic E-state index is 0.0115. The highest BCUT2D eigenvalue weighted by Crippen LogP contribution is 2.18. The lowest BCUT2D eigenvalue weighted by Crippen LogP contribution is -2.45. The Bertz CT molecular complexity index is 1210. The van der Waals surface area contributed by atoms with Crippen LogP contribution in [0.15, 0.2) is 36.5 Å². The van der Waals surface area contributed by atoms with Crippen molar-refractivity contribution >= 4 is 11.9 Å². The van der Waals surface area contributed by atoms with E-state index in [1.807, 2.05) is 6.08 Å². The molecule has 0 heterocycles. The third kappa shape index (κ3) is 61.2. The van der Waals surface area contributed by atoms with E-state index in [0.29, 0.717) is 19.4 Å². The number of aliphatic hydroxyl groups excluding tert-OH is 2. The minimum Gasteiger partial charge on any atom is -0.466 e. The molecule has 0 aliphatic rings. The van der Waals surface area contributed by atoms with Crippen molar-refractivity contribution in [2.75, 3.05) is 13.2 Å². The number of hydrogen-bond donors (Lipinski definition) is 3. The van der Waals surface area contributed by atoms with E-state index < -0.39 is 12.1 Å². The molecule has 0 aromatic carbocycles. The predicted octanol–water partition coefficient (Wildman–Crippen LogP) is 21.5. The lowest BCUT2D eigenvalue weighted by Gasteiger charge is -2.20. The van der Waals surface area contributed by atoms with Crippen molar-refractivity contribution in [3.05, 3.63) is 36.5 Å². The Hall–Kier alpha value is -1.92. The Kier molecular flexibility index (Phi) is 63.0. The molecule has 0 aliphatic heterocycles. The Morgan fingerprint density at radius 1 is 0.373 bits per heavy atom. The van der Waals surface area contributed by atoms with Crippen LogP contribution in [0.1, 0.15) is 367 Å². The molecular formula is C69H131NO5. The molecule has 6 heteroatoms. The summed E-state index contributed by atoms with van der Waals surface area (Å²) in [6, 6.07) is -0.627. The summed E-state index contributed by atoms with van der Waals surface area (Å²) < 4.78 is 5.50. The van der Waals surface area contributed by atoms with Crippen molar-refractivity contribution in [3.63, 3.8) is 0 Å². The number of amides is 1. The molecule has 0 bridgehead atoms. The first-order valence-electron chi connectivity index (χ1n) is 33.8. The SMILES string of the molecule is CCCCC/C=C\C/C=C\CCCCCCCCCCCC(=O)OCCCCCCCCCCCCCCCCCCCCCCCCCCC(=O)NC(CO)C(O)/C=C/CCCCCCCCCCCCCCC. The van der Waals surface area contributed by atoms with Crippen molar-refractivity contribution < 1.29 is 24.5 Å². The molecule has 442 valence electrons. The van der Waals surface area contributed by atoms with Crippen molar-refractivity contribution in [2.45, 2.75) is 379 Å². The van der Waals surface area contributed by atoms with Gasteiger partial charge in [0.05, 0.1) is 25.4 Å². The van der Waals surface area contributed by atoms with Gasteiger partial charge in [-0.15, -0.1) is 0 Å². The molecule has 6 nitrogen and oxygen atoms in total. The van der Waals surface area contributed by atoms with E-state index in [9.17, 15) is 19.8 Å². The van der Waals surface area contributed by atoms with Gasteiger partial charge in [0.25, 0.3) is 0 Å². The monoisotopic (exact) mass is 1050 g/mol. The summed E-state index contributed by atoms with van der Waals surface area (Å²) in [5.74, 6) is -0.0535. The van der Waals surface area contributed by atoms with Gasteiger partial charge in [0.1, 0.15) is 0 Å². The zero-order valence-electron chi connectivity index (χ0n) is 50.5. The standard InChI is InChI=1S/C69H131NO5/c1-3-5-7-9-11-13-15-17-19-20-27-31-35-39-43-47-51-55-59-63-69(74)75-64-60-56-52-48-44-40-36-32-29-26-24-22-21-23-25-28-30-34-38-42-46-50-54-58-62-68(73)70-66(65-71)67(72)61-57-53-49-45-41-37-33-18-16-14-12-10-8-6-4-2/h11,13,17,19,57,61,66-67,71-72H,3-10,12,14-16,18,20-56,58-60,62-65H2,1-2H3,(H,70,73)/b13-11-,19-17-,61-57+. The van der Waals surface area contributed by atoms with Gasteiger partial charge in [-0.05, 0) is 64.2 Å². The number of ether oxygens (including phenoxy) is 1. The second-order valence-corrected chi connectivity index (χ2v) is 23.2. The van der Waals surface area contributed by atoms with Gasteiger partial charge >= 0.3 is 5.97 Å². The van der Waals surface area contributed by atoms with E-state index in [2.05, 4.69) is 43.5 Å². The summed E-state index contributed by atoms with van der Waals surface area (Å²) in [4.78, 5) is 24.6. The predicted molar refractivity (Wildman–Crippen MR) is 329 cm³/mol. The van der Waals surface area contributed by atoms with Gasteiger partial charge in [0.2, 0.25) is 5.91 Å². The Balaban J connectivity index is 3.37. The maximum atomic E-state index is 12.5. The van der Waals surface area contributed by atoms with E-state index >= 15 is 0 Å². The number of hydrogen-bond acceptors (Lipinski definition) is 5. The van der Waals surface area contributed by atoms with Crippen LogP contribution in [0.2, 0.25) is 0 Å². The Labute approximate surface area is 468 Å². The Morgan fingerprint density at radius 2 is 0.667 bits per heavy atom. The van der Waals surface area contributed by atoms with Crippen LogP contribution in [0.4, 0.5) is 0 Å². The lowest BCUT2D eigenvalue weighted by molar-refractivity contribution is -0.143. The maximum Gasteiger partial charge on any atom is 0.305 e. The van der Waals surface area contributed by atoms with Crippen LogP contribution in [0.5, 0.6) is 0 Å². The fourth-order valence-corrected chi connectivity index (χ4v) is 10.5. The smallest absolute Gasteiger partial charge is 0.305 e. The van der Waals surface area contributed by atoms with Crippen LogP contribution in [-0.4, -0.2) is 47.4 Å². The molecule has 0 spiro atoms. The highest BCUT2D eigenvalue weighted by molar-refractivity contribution is 5.76. The van der Waals surface area contributed by atoms with E-state index in [4.69, 9.17) is 4.74 Å². The van der Waals surface area contributed by atoms with Gasteiger partial charge in [-0.2, -0.15) is 0 Å². The zero-order valence-corrected chi connectivity index (χ0v) is 50.5. The summed E-state index contributed by atoms with van der Waals surface area (Å²) in [6.45, 7) is 4.90. The molecule has 75 heavy (non-hydrogen) atoms. The molecule has 2 atom stereocenters. The van der Waals surface area contributed by atoms with Crippen molar-refractivity contribution in [2.24, 2.45) is 0 Å². The van der Waals surface area contributed by atoms with E-state index in [-0.39, 0.29) is 18.5 Å². The van der Waals surface area contributed by atoms with Crippen molar-refractivity contribution in [1.29, 1.82) is 0 Å². The first kappa shape index (κ1) is 73.1. The molecule has 0 rings (SSSR count). The molecule has 0 radical (unpaired) electrons. The van der Waals surface area contributed by atoms with Crippen molar-refractivity contribution in [1.82, 2.24) is 5.32 Å². The largest absolute Gasteiger partial charge is 0.466 e. The third-order valence-corrected chi connectivity index (χ3v) is 15.7. The molecule has 1 amide bonds. The fourth-order valence-electron chi connectivity index (χ4n) is 10.5. The van der Waals surface area contributed by atoms with Crippen LogP contribution >= 0.6 is 0 Å². The number of carbonyl (C=O) groups is 2. The van der Waals surface area contributed by atoms with Gasteiger partial charge < -0.3 is 20.3 Å². The quantitative estimate of drug-likeness (QED) is 0.0320. The molecule has 0 saturated carbocycles. The first-order chi connectivity index (χ1) is 37.0. The molecule has 0 aliphatic carbocycles. The Morgan fingerprint density at radius 3 is 1.04 bits per heavy atom. The summed E-state index contributed by atoms with van der Waals surface area (Å²) >= 11 is 0. The first-order valence-corrected chi connectivity index (χ1v) is 33.8. The average Bonchev–Trinajstić information content (AvgIpc) is 3.41. The molecule has 0 aromatic heterocycles. The van der Waals surface area contributed by atoms with Gasteiger partial charge in [0.15, 0.2) is 0 Å². The summed E-state index contributed by atoms with van der Waals surface area (Å²) in [5, 5.41) is 23.2. The van der Waals surface area contributed by atoms with E-state index in [1.165, 1.54) is 289 Å². The molecule has 0 saturated heterocycles. The van der Waals surface area contributed by atoms with E-state index in [1.54, 1.807) is 6.08 Å². The molecule has 2 unspecified atom stereocenters. The highest BCUT2D eigenvalue weighted by Gasteiger charge is 2.18. The number of carbonyl (C=O) groups excluding carboxylic acids is 2. The maximum absolute atomic E-state index is 12.5. The lowest BCUT2D eigenvalue weighted by atomic mass is 10.0. The van der Waals surface area contributed by atoms with Crippen LogP contribution in [-0.2, 0) is 14.3 Å². The number of allylic oxidation sites excluding steroid dienone is 5. The fraction of sp³-hybridized carbons (Fsp3) is 0.884. The topological polar surface area (TPSA) is 95.9 Å². The van der Waals surface area contributed by atoms with E-state index in [0.717, 1.165) is 51.4 Å². The number of rotatable bonds is 63. The number of esters is 1. The number of aliphatic hydroxyl groups is 2. The normalized spacial score (nSPS) is 12.7. The van der Waals surface area contributed by atoms with Gasteiger partial charge in [-0.3, -0.25) is 9.59 Å². The number of unbranched alkanes of at least 4 members (excludes halogenated alkanes) is 48. The summed E-state index contributed by atoms with van der Waals surface area (Å²) in [6.07, 6.45) is 82.0. The number of nitrogens with one attached hydrogen (secondary N) is 1.